The van der Waals surface area contributed by atoms with Crippen LogP contribution in [0, 0.1) is 0 Å². The SMILES string of the molecule is O=C(CCc1ccc2c(c1)OCO2)NCc1ccc(-c2ccncc2)cc1. The van der Waals surface area contributed by atoms with E-state index in [0.717, 1.165) is 33.8 Å². The van der Waals surface area contributed by atoms with Gasteiger partial charge in [-0.1, -0.05) is 30.3 Å². The van der Waals surface area contributed by atoms with Crippen LogP contribution in [0.2, 0.25) is 0 Å². The van der Waals surface area contributed by atoms with Gasteiger partial charge in [0, 0.05) is 25.4 Å². The third kappa shape index (κ3) is 4.26. The monoisotopic (exact) mass is 360 g/mol. The Hall–Kier alpha value is -3.34. The summed E-state index contributed by atoms with van der Waals surface area (Å²) in [5, 5.41) is 2.98. The van der Waals surface area contributed by atoms with Gasteiger partial charge < -0.3 is 14.8 Å². The third-order valence-corrected chi connectivity index (χ3v) is 4.53. The topological polar surface area (TPSA) is 60.5 Å². The lowest BCUT2D eigenvalue weighted by Gasteiger charge is -2.07. The summed E-state index contributed by atoms with van der Waals surface area (Å²) in [6.07, 6.45) is 4.67. The van der Waals surface area contributed by atoms with Crippen LogP contribution in [0.25, 0.3) is 11.1 Å². The van der Waals surface area contributed by atoms with E-state index >= 15 is 0 Å². The Morgan fingerprint density at radius 3 is 2.41 bits per heavy atom. The number of aryl methyl sites for hydroxylation is 1. The zero-order valence-electron chi connectivity index (χ0n) is 14.9. The maximum atomic E-state index is 12.1. The van der Waals surface area contributed by atoms with Crippen LogP contribution < -0.4 is 14.8 Å². The molecule has 136 valence electrons. The van der Waals surface area contributed by atoms with E-state index in [1.807, 2.05) is 42.5 Å². The summed E-state index contributed by atoms with van der Waals surface area (Å²) in [6.45, 7) is 0.788. The fourth-order valence-corrected chi connectivity index (χ4v) is 3.00. The van der Waals surface area contributed by atoms with Crippen LogP contribution in [0.3, 0.4) is 0 Å². The lowest BCUT2D eigenvalue weighted by atomic mass is 10.1. The molecule has 1 N–H and O–H groups in total. The summed E-state index contributed by atoms with van der Waals surface area (Å²) in [7, 11) is 0. The molecule has 2 aromatic carbocycles. The minimum absolute atomic E-state index is 0.0332. The second-order valence-electron chi connectivity index (χ2n) is 6.40. The molecule has 0 radical (unpaired) electrons. The van der Waals surface area contributed by atoms with Crippen LogP contribution >= 0.6 is 0 Å². The Kier molecular flexibility index (Phi) is 5.01. The highest BCUT2D eigenvalue weighted by molar-refractivity contribution is 5.76. The van der Waals surface area contributed by atoms with Gasteiger partial charge in [-0.25, -0.2) is 0 Å². The van der Waals surface area contributed by atoms with Crippen LogP contribution in [-0.4, -0.2) is 17.7 Å². The van der Waals surface area contributed by atoms with E-state index < -0.39 is 0 Å². The van der Waals surface area contributed by atoms with Gasteiger partial charge in [0.2, 0.25) is 12.7 Å². The number of amides is 1. The van der Waals surface area contributed by atoms with Crippen molar-refractivity contribution in [2.24, 2.45) is 0 Å². The molecule has 0 saturated carbocycles. The maximum Gasteiger partial charge on any atom is 0.231 e. The molecule has 0 fully saturated rings. The maximum absolute atomic E-state index is 12.1. The first-order valence-corrected chi connectivity index (χ1v) is 8.92. The van der Waals surface area contributed by atoms with Crippen LogP contribution in [0.1, 0.15) is 17.5 Å². The van der Waals surface area contributed by atoms with Gasteiger partial charge in [-0.2, -0.15) is 0 Å². The Balaban J connectivity index is 1.26. The molecular formula is C22H20N2O3. The number of hydrogen-bond acceptors (Lipinski definition) is 4. The van der Waals surface area contributed by atoms with Gasteiger partial charge in [0.05, 0.1) is 0 Å². The Morgan fingerprint density at radius 2 is 1.59 bits per heavy atom. The predicted molar refractivity (Wildman–Crippen MR) is 102 cm³/mol. The minimum Gasteiger partial charge on any atom is -0.454 e. The van der Waals surface area contributed by atoms with Crippen molar-refractivity contribution >= 4 is 5.91 Å². The summed E-state index contributed by atoms with van der Waals surface area (Å²) >= 11 is 0. The molecule has 3 aromatic rings. The molecule has 4 rings (SSSR count). The van der Waals surface area contributed by atoms with E-state index in [2.05, 4.69) is 22.4 Å². The van der Waals surface area contributed by atoms with Gasteiger partial charge in [0.15, 0.2) is 11.5 Å². The number of rotatable bonds is 6. The summed E-state index contributed by atoms with van der Waals surface area (Å²) in [5.74, 6) is 1.55. The van der Waals surface area contributed by atoms with E-state index in [-0.39, 0.29) is 12.7 Å². The lowest BCUT2D eigenvalue weighted by Crippen LogP contribution is -2.22. The van der Waals surface area contributed by atoms with Crippen LogP contribution in [-0.2, 0) is 17.8 Å². The molecule has 0 atom stereocenters. The second kappa shape index (κ2) is 7.91. The number of pyridine rings is 1. The van der Waals surface area contributed by atoms with Crippen molar-refractivity contribution in [1.29, 1.82) is 0 Å². The molecule has 5 heteroatoms. The molecule has 1 aliphatic rings. The largest absolute Gasteiger partial charge is 0.454 e. The number of carbonyl (C=O) groups is 1. The molecule has 2 heterocycles. The first kappa shape index (κ1) is 17.1. The molecule has 0 aliphatic carbocycles. The number of aromatic nitrogens is 1. The summed E-state index contributed by atoms with van der Waals surface area (Å²) in [6, 6.07) is 17.9. The quantitative estimate of drug-likeness (QED) is 0.728. The number of benzene rings is 2. The van der Waals surface area contributed by atoms with Gasteiger partial charge in [0.25, 0.3) is 0 Å². The fraction of sp³-hybridized carbons (Fsp3) is 0.182. The van der Waals surface area contributed by atoms with Gasteiger partial charge in [-0.3, -0.25) is 9.78 Å². The number of nitrogens with one attached hydrogen (secondary N) is 1. The van der Waals surface area contributed by atoms with E-state index in [1.54, 1.807) is 12.4 Å². The Bertz CT molecular complexity index is 924. The summed E-state index contributed by atoms with van der Waals surface area (Å²) < 4.78 is 10.7. The standard InChI is InChI=1S/C22H20N2O3/c25-22(8-4-16-3-7-20-21(13-16)27-15-26-20)24-14-17-1-5-18(6-2-17)19-9-11-23-12-10-19/h1-3,5-7,9-13H,4,8,14-15H2,(H,24,25). The van der Waals surface area contributed by atoms with Crippen molar-refractivity contribution in [1.82, 2.24) is 10.3 Å². The van der Waals surface area contributed by atoms with Gasteiger partial charge in [-0.05, 0) is 52.9 Å². The van der Waals surface area contributed by atoms with E-state index in [4.69, 9.17) is 9.47 Å². The first-order valence-electron chi connectivity index (χ1n) is 8.92. The van der Waals surface area contributed by atoms with E-state index in [1.165, 1.54) is 0 Å². The molecule has 0 spiro atoms. The number of ether oxygens (including phenoxy) is 2. The predicted octanol–water partition coefficient (Wildman–Crippen LogP) is 3.73. The average molecular weight is 360 g/mol. The van der Waals surface area contributed by atoms with Crippen molar-refractivity contribution in [3.63, 3.8) is 0 Å². The minimum atomic E-state index is 0.0332. The number of hydrogen-bond donors (Lipinski definition) is 1. The highest BCUT2D eigenvalue weighted by Gasteiger charge is 2.13. The average Bonchev–Trinajstić information content (AvgIpc) is 3.19. The van der Waals surface area contributed by atoms with Crippen molar-refractivity contribution in [2.75, 3.05) is 6.79 Å². The zero-order chi connectivity index (χ0) is 18.5. The fourth-order valence-electron chi connectivity index (χ4n) is 3.00. The smallest absolute Gasteiger partial charge is 0.231 e. The molecule has 1 amide bonds. The van der Waals surface area contributed by atoms with Crippen LogP contribution in [0.5, 0.6) is 11.5 Å². The number of carbonyl (C=O) groups excluding carboxylic acids is 1. The molecule has 1 aliphatic heterocycles. The normalized spacial score (nSPS) is 12.0. The van der Waals surface area contributed by atoms with Crippen molar-refractivity contribution in [3.8, 4) is 22.6 Å². The zero-order valence-corrected chi connectivity index (χ0v) is 14.9. The Morgan fingerprint density at radius 1 is 0.889 bits per heavy atom. The molecule has 0 unspecified atom stereocenters. The molecule has 0 saturated heterocycles. The van der Waals surface area contributed by atoms with Gasteiger partial charge in [0.1, 0.15) is 0 Å². The molecule has 0 bridgehead atoms. The lowest BCUT2D eigenvalue weighted by molar-refractivity contribution is -0.121. The first-order chi connectivity index (χ1) is 13.3. The summed E-state index contributed by atoms with van der Waals surface area (Å²) in [5.41, 5.74) is 4.40. The second-order valence-corrected chi connectivity index (χ2v) is 6.40. The van der Waals surface area contributed by atoms with Crippen LogP contribution in [0.4, 0.5) is 0 Å². The molecular weight excluding hydrogens is 340 g/mol. The van der Waals surface area contributed by atoms with Crippen LogP contribution in [0.15, 0.2) is 67.0 Å². The highest BCUT2D eigenvalue weighted by Crippen LogP contribution is 2.32. The van der Waals surface area contributed by atoms with E-state index in [9.17, 15) is 4.79 Å². The highest BCUT2D eigenvalue weighted by atomic mass is 16.7. The third-order valence-electron chi connectivity index (χ3n) is 4.53. The van der Waals surface area contributed by atoms with Gasteiger partial charge >= 0.3 is 0 Å². The van der Waals surface area contributed by atoms with Crippen molar-refractivity contribution in [2.45, 2.75) is 19.4 Å². The number of fused-ring (bicyclic) bond motifs is 1. The molecule has 1 aromatic heterocycles. The van der Waals surface area contributed by atoms with E-state index in [0.29, 0.717) is 19.4 Å². The van der Waals surface area contributed by atoms with Crippen molar-refractivity contribution in [3.05, 3.63) is 78.1 Å². The summed E-state index contributed by atoms with van der Waals surface area (Å²) in [4.78, 5) is 16.2. The molecule has 5 nitrogen and oxygen atoms in total. The molecule has 27 heavy (non-hydrogen) atoms. The number of nitrogens with zero attached hydrogens (tertiary/aromatic N) is 1. The Labute approximate surface area is 158 Å². The van der Waals surface area contributed by atoms with Crippen molar-refractivity contribution < 1.29 is 14.3 Å². The van der Waals surface area contributed by atoms with Gasteiger partial charge in [-0.15, -0.1) is 0 Å².